The lowest BCUT2D eigenvalue weighted by molar-refractivity contribution is -0.184. The third-order valence-electron chi connectivity index (χ3n) is 3.06. The van der Waals surface area contributed by atoms with Gasteiger partial charge in [0.25, 0.3) is 5.91 Å². The molecule has 9 heteroatoms. The number of amides is 1. The van der Waals surface area contributed by atoms with Crippen molar-refractivity contribution in [1.82, 2.24) is 14.8 Å². The minimum Gasteiger partial charge on any atom is -0.359 e. The highest BCUT2D eigenvalue weighted by molar-refractivity contribution is 5.95. The number of nitrogens with one attached hydrogen (secondary N) is 1. The minimum atomic E-state index is -4.47. The highest BCUT2D eigenvalue weighted by Gasteiger charge is 2.30. The Balaban J connectivity index is 2.05. The Kier molecular flexibility index (Phi) is 4.88. The molecule has 0 bridgehead atoms. The second-order valence-electron chi connectivity index (χ2n) is 5.38. The molecule has 1 atom stereocenters. The van der Waals surface area contributed by atoms with Crippen molar-refractivity contribution in [2.24, 2.45) is 0 Å². The molecule has 0 aromatic carbocycles. The molecular weight excluding hydrogens is 313 g/mol. The number of alkyl halides is 3. The van der Waals surface area contributed by atoms with Crippen molar-refractivity contribution >= 4 is 22.6 Å². The van der Waals surface area contributed by atoms with Crippen molar-refractivity contribution in [1.29, 1.82) is 0 Å². The molecule has 0 saturated heterocycles. The molecule has 0 aliphatic rings. The van der Waals surface area contributed by atoms with Gasteiger partial charge < -0.3 is 10.1 Å². The van der Waals surface area contributed by atoms with Gasteiger partial charge in [0.05, 0.1) is 18.1 Å². The first-order chi connectivity index (χ1) is 10.7. The fourth-order valence-electron chi connectivity index (χ4n) is 1.93. The molecule has 6 nitrogen and oxygen atoms in total. The van der Waals surface area contributed by atoms with Gasteiger partial charge in [-0.3, -0.25) is 4.79 Å². The number of rotatable bonds is 5. The molecule has 2 rings (SSSR count). The van der Waals surface area contributed by atoms with E-state index in [-0.39, 0.29) is 6.04 Å². The first-order valence-corrected chi connectivity index (χ1v) is 7.00. The van der Waals surface area contributed by atoms with Crippen molar-refractivity contribution < 1.29 is 22.7 Å². The summed E-state index contributed by atoms with van der Waals surface area (Å²) in [7, 11) is 0. The van der Waals surface area contributed by atoms with Gasteiger partial charge in [0.2, 0.25) is 0 Å². The van der Waals surface area contributed by atoms with Crippen molar-refractivity contribution in [3.63, 3.8) is 0 Å². The molecule has 0 aliphatic heterocycles. The van der Waals surface area contributed by atoms with E-state index in [1.807, 2.05) is 13.8 Å². The highest BCUT2D eigenvalue weighted by Crippen LogP contribution is 2.20. The monoisotopic (exact) mass is 330 g/mol. The van der Waals surface area contributed by atoms with E-state index in [2.05, 4.69) is 20.1 Å². The summed E-state index contributed by atoms with van der Waals surface area (Å²) in [5.74, 6) is -0.674. The van der Waals surface area contributed by atoms with Gasteiger partial charge in [-0.15, -0.1) is 0 Å². The summed E-state index contributed by atoms with van der Waals surface area (Å²) >= 11 is 0. The topological polar surface area (TPSA) is 69.0 Å². The van der Waals surface area contributed by atoms with Crippen LogP contribution >= 0.6 is 0 Å². The Bertz CT molecular complexity index is 697. The zero-order valence-corrected chi connectivity index (χ0v) is 12.9. The largest absolute Gasteiger partial charge is 0.411 e. The van der Waals surface area contributed by atoms with Crippen LogP contribution in [-0.2, 0) is 9.53 Å². The van der Waals surface area contributed by atoms with E-state index >= 15 is 0 Å². The molecule has 0 saturated carbocycles. The average Bonchev–Trinajstić information content (AvgIpc) is 2.87. The Morgan fingerprint density at radius 2 is 2.04 bits per heavy atom. The van der Waals surface area contributed by atoms with E-state index in [9.17, 15) is 18.0 Å². The summed E-state index contributed by atoms with van der Waals surface area (Å²) in [6.07, 6.45) is -2.66. The van der Waals surface area contributed by atoms with Crippen molar-refractivity contribution in [2.45, 2.75) is 39.1 Å². The molecule has 2 aromatic heterocycles. The maximum absolute atomic E-state index is 12.1. The summed E-state index contributed by atoms with van der Waals surface area (Å²) in [5.41, 5.74) is 1.03. The molecule has 0 unspecified atom stereocenters. The smallest absolute Gasteiger partial charge is 0.359 e. The lowest BCUT2D eigenvalue weighted by Gasteiger charge is -2.14. The van der Waals surface area contributed by atoms with Gasteiger partial charge in [-0.1, -0.05) is 0 Å². The third kappa shape index (κ3) is 4.41. The lowest BCUT2D eigenvalue weighted by atomic mass is 10.3. The number of hydrogen-bond donors (Lipinski definition) is 1. The summed E-state index contributed by atoms with van der Waals surface area (Å²) in [6.45, 7) is 3.71. The fraction of sp³-hybridized carbons (Fsp3) is 0.500. The van der Waals surface area contributed by atoms with Crippen molar-refractivity contribution in [3.8, 4) is 0 Å². The van der Waals surface area contributed by atoms with Gasteiger partial charge in [0.15, 0.2) is 5.65 Å². The summed E-state index contributed by atoms with van der Waals surface area (Å²) < 4.78 is 42.4. The summed E-state index contributed by atoms with van der Waals surface area (Å²) in [6, 6.07) is 1.79. The Morgan fingerprint density at radius 1 is 1.35 bits per heavy atom. The lowest BCUT2D eigenvalue weighted by Crippen LogP contribution is -2.31. The van der Waals surface area contributed by atoms with E-state index in [1.54, 1.807) is 16.9 Å². The van der Waals surface area contributed by atoms with Crippen LogP contribution in [0.5, 0.6) is 0 Å². The van der Waals surface area contributed by atoms with Gasteiger partial charge in [-0.25, -0.2) is 9.67 Å². The molecule has 126 valence electrons. The molecule has 1 amide bonds. The van der Waals surface area contributed by atoms with Crippen LogP contribution in [0.15, 0.2) is 18.5 Å². The number of halogens is 3. The van der Waals surface area contributed by atoms with Gasteiger partial charge >= 0.3 is 6.18 Å². The van der Waals surface area contributed by atoms with Crippen LogP contribution in [0.4, 0.5) is 18.9 Å². The predicted molar refractivity (Wildman–Crippen MR) is 78.0 cm³/mol. The quantitative estimate of drug-likeness (QED) is 0.915. The van der Waals surface area contributed by atoms with Gasteiger partial charge in [0, 0.05) is 11.4 Å². The van der Waals surface area contributed by atoms with E-state index in [1.165, 1.54) is 13.1 Å². The number of hydrogen-bond acceptors (Lipinski definition) is 4. The van der Waals surface area contributed by atoms with Crippen LogP contribution in [0.2, 0.25) is 0 Å². The average molecular weight is 330 g/mol. The molecule has 2 aromatic rings. The van der Waals surface area contributed by atoms with Crippen LogP contribution in [0.1, 0.15) is 26.8 Å². The maximum atomic E-state index is 12.1. The van der Waals surface area contributed by atoms with Crippen LogP contribution < -0.4 is 5.32 Å². The van der Waals surface area contributed by atoms with E-state index < -0.39 is 24.8 Å². The van der Waals surface area contributed by atoms with Crippen LogP contribution in [0.25, 0.3) is 11.0 Å². The number of carbonyl (C=O) groups is 1. The number of anilines is 1. The Hall–Kier alpha value is -2.16. The van der Waals surface area contributed by atoms with Gasteiger partial charge in [-0.2, -0.15) is 18.3 Å². The number of carbonyl (C=O) groups excluding carboxylic acids is 1. The van der Waals surface area contributed by atoms with Crippen LogP contribution in [-0.4, -0.2) is 39.6 Å². The first-order valence-electron chi connectivity index (χ1n) is 7.00. The van der Waals surface area contributed by atoms with Gasteiger partial charge in [0.1, 0.15) is 12.7 Å². The standard InChI is InChI=1S/C14H17F3N4O2/c1-8(2)21-12-10(5-19-21)4-11(6-18-12)20-13(22)9(3)23-7-14(15,16)17/h4-6,8-9H,7H2,1-3H3,(H,20,22)/t9-/m0/s1. The molecule has 2 heterocycles. The summed E-state index contributed by atoms with van der Waals surface area (Å²) in [4.78, 5) is 16.1. The highest BCUT2D eigenvalue weighted by atomic mass is 19.4. The van der Waals surface area contributed by atoms with Crippen molar-refractivity contribution in [2.75, 3.05) is 11.9 Å². The molecular formula is C14H17F3N4O2. The van der Waals surface area contributed by atoms with E-state index in [0.29, 0.717) is 11.3 Å². The van der Waals surface area contributed by atoms with Crippen LogP contribution in [0, 0.1) is 0 Å². The maximum Gasteiger partial charge on any atom is 0.411 e. The Morgan fingerprint density at radius 3 is 2.65 bits per heavy atom. The number of nitrogens with zero attached hydrogens (tertiary/aromatic N) is 3. The SMILES string of the molecule is CC(C)n1ncc2cc(NC(=O)[C@H](C)OCC(F)(F)F)cnc21. The first kappa shape index (κ1) is 17.2. The van der Waals surface area contributed by atoms with E-state index in [0.717, 1.165) is 5.39 Å². The number of fused-ring (bicyclic) bond motifs is 1. The fourth-order valence-corrected chi connectivity index (χ4v) is 1.93. The third-order valence-corrected chi connectivity index (χ3v) is 3.06. The normalized spacial score (nSPS) is 13.5. The molecule has 1 N–H and O–H groups in total. The number of ether oxygens (including phenoxy) is 1. The molecule has 0 aliphatic carbocycles. The zero-order chi connectivity index (χ0) is 17.2. The Labute approximate surface area is 130 Å². The minimum absolute atomic E-state index is 0.135. The molecule has 0 fully saturated rings. The number of pyridine rings is 1. The second kappa shape index (κ2) is 6.53. The molecule has 23 heavy (non-hydrogen) atoms. The number of aromatic nitrogens is 3. The van der Waals surface area contributed by atoms with E-state index in [4.69, 9.17) is 0 Å². The molecule has 0 radical (unpaired) electrons. The summed E-state index contributed by atoms with van der Waals surface area (Å²) in [5, 5.41) is 7.40. The molecule has 0 spiro atoms. The van der Waals surface area contributed by atoms with Crippen LogP contribution in [0.3, 0.4) is 0 Å². The second-order valence-corrected chi connectivity index (χ2v) is 5.38. The van der Waals surface area contributed by atoms with Crippen molar-refractivity contribution in [3.05, 3.63) is 18.5 Å². The van der Waals surface area contributed by atoms with Gasteiger partial charge in [-0.05, 0) is 26.8 Å². The zero-order valence-electron chi connectivity index (χ0n) is 12.9. The predicted octanol–water partition coefficient (Wildman–Crippen LogP) is 2.92.